The molecule has 1 aromatic heterocycles. The predicted octanol–water partition coefficient (Wildman–Crippen LogP) is 3.95. The van der Waals surface area contributed by atoms with Crippen LogP contribution in [0, 0.1) is 6.92 Å². The van der Waals surface area contributed by atoms with E-state index in [1.807, 2.05) is 55.5 Å². The number of amides is 1. The maximum atomic E-state index is 13.1. The van der Waals surface area contributed by atoms with Crippen molar-refractivity contribution in [2.75, 3.05) is 12.1 Å². The van der Waals surface area contributed by atoms with Crippen molar-refractivity contribution in [1.82, 2.24) is 4.98 Å². The number of rotatable bonds is 5. The van der Waals surface area contributed by atoms with E-state index in [0.717, 1.165) is 46.4 Å². The average Bonchev–Trinajstić information content (AvgIpc) is 3.45. The molecule has 6 heteroatoms. The second-order valence-electron chi connectivity index (χ2n) is 7.84. The lowest BCUT2D eigenvalue weighted by atomic mass is 9.94. The molecule has 0 bridgehead atoms. The number of aliphatic hydroxyl groups excluding tert-OH is 1. The quantitative estimate of drug-likeness (QED) is 0.676. The molecular weight excluding hydrogens is 380 g/mol. The Balaban J connectivity index is 1.35. The van der Waals surface area contributed by atoms with Gasteiger partial charge in [0.25, 0.3) is 0 Å². The van der Waals surface area contributed by atoms with Crippen LogP contribution in [0.15, 0.2) is 54.7 Å². The zero-order valence-electron chi connectivity index (χ0n) is 16.6. The number of fused-ring (bicyclic) bond motifs is 1. The summed E-state index contributed by atoms with van der Waals surface area (Å²) >= 11 is 0. The summed E-state index contributed by atoms with van der Waals surface area (Å²) in [5.74, 6) is 1.90. The number of carbonyl (C=O) groups is 1. The van der Waals surface area contributed by atoms with Crippen LogP contribution in [0.25, 0.3) is 11.1 Å². The van der Waals surface area contributed by atoms with Gasteiger partial charge in [-0.1, -0.05) is 30.3 Å². The average molecular weight is 402 g/mol. The number of aryl methyl sites for hydroxylation is 1. The Labute approximate surface area is 174 Å². The zero-order valence-corrected chi connectivity index (χ0v) is 16.6. The molecule has 5 rings (SSSR count). The predicted molar refractivity (Wildman–Crippen MR) is 112 cm³/mol. The van der Waals surface area contributed by atoms with E-state index in [0.29, 0.717) is 11.6 Å². The van der Waals surface area contributed by atoms with Gasteiger partial charge in [-0.3, -0.25) is 4.79 Å². The first-order valence-corrected chi connectivity index (χ1v) is 9.97. The van der Waals surface area contributed by atoms with Crippen LogP contribution in [0.3, 0.4) is 0 Å². The zero-order chi connectivity index (χ0) is 20.7. The van der Waals surface area contributed by atoms with E-state index in [1.54, 1.807) is 6.20 Å². The minimum atomic E-state index is -0.532. The van der Waals surface area contributed by atoms with Crippen LogP contribution in [0.1, 0.15) is 29.5 Å². The van der Waals surface area contributed by atoms with Crippen molar-refractivity contribution < 1.29 is 19.4 Å². The summed E-state index contributed by atoms with van der Waals surface area (Å²) in [6.45, 7) is 2.24. The van der Waals surface area contributed by atoms with E-state index >= 15 is 0 Å². The third-order valence-electron chi connectivity index (χ3n) is 5.91. The molecule has 3 aromatic rings. The normalized spacial score (nSPS) is 15.7. The first-order valence-electron chi connectivity index (χ1n) is 9.97. The number of anilines is 1. The molecular formula is C24H22N2O4. The Morgan fingerprint density at radius 3 is 2.57 bits per heavy atom. The van der Waals surface area contributed by atoms with Gasteiger partial charge in [0, 0.05) is 11.8 Å². The standard InChI is InChI=1S/C24H22N2O4/c1-15-10-22(25-12-19(15)17-4-2-16(13-27)3-5-17)26-23(28)24(8-9-24)18-6-7-20-21(11-18)30-14-29-20/h2-7,10-12,27H,8-9,13-14H2,1H3,(H,25,26,28). The summed E-state index contributed by atoms with van der Waals surface area (Å²) in [5.41, 5.74) is 4.32. The van der Waals surface area contributed by atoms with Gasteiger partial charge in [0.1, 0.15) is 5.82 Å². The number of carbonyl (C=O) groups excluding carboxylic acids is 1. The number of hydrogen-bond donors (Lipinski definition) is 2. The number of nitrogens with one attached hydrogen (secondary N) is 1. The summed E-state index contributed by atoms with van der Waals surface area (Å²) in [4.78, 5) is 17.6. The molecule has 0 unspecified atom stereocenters. The Morgan fingerprint density at radius 1 is 1.10 bits per heavy atom. The highest BCUT2D eigenvalue weighted by atomic mass is 16.7. The lowest BCUT2D eigenvalue weighted by molar-refractivity contribution is -0.118. The highest BCUT2D eigenvalue weighted by Gasteiger charge is 2.51. The van der Waals surface area contributed by atoms with E-state index in [1.165, 1.54) is 0 Å². The SMILES string of the molecule is Cc1cc(NC(=O)C2(c3ccc4c(c3)OCO4)CC2)ncc1-c1ccc(CO)cc1. The maximum Gasteiger partial charge on any atom is 0.236 e. The van der Waals surface area contributed by atoms with Gasteiger partial charge in [0.15, 0.2) is 11.5 Å². The molecule has 1 amide bonds. The Hall–Kier alpha value is -3.38. The molecule has 0 atom stereocenters. The molecule has 2 aliphatic rings. The van der Waals surface area contributed by atoms with Gasteiger partial charge < -0.3 is 19.9 Å². The van der Waals surface area contributed by atoms with E-state index in [4.69, 9.17) is 9.47 Å². The van der Waals surface area contributed by atoms with E-state index < -0.39 is 5.41 Å². The van der Waals surface area contributed by atoms with E-state index in [2.05, 4.69) is 10.3 Å². The van der Waals surface area contributed by atoms with E-state index in [-0.39, 0.29) is 19.3 Å². The van der Waals surface area contributed by atoms with Crippen LogP contribution in [0.2, 0.25) is 0 Å². The first kappa shape index (κ1) is 18.6. The fourth-order valence-corrected chi connectivity index (χ4v) is 3.92. The number of aromatic nitrogens is 1. The van der Waals surface area contributed by atoms with Crippen molar-refractivity contribution in [3.05, 3.63) is 71.4 Å². The van der Waals surface area contributed by atoms with Crippen LogP contribution in [-0.2, 0) is 16.8 Å². The smallest absolute Gasteiger partial charge is 0.236 e. The Kier molecular flexibility index (Phi) is 4.44. The molecule has 0 saturated heterocycles. The highest BCUT2D eigenvalue weighted by Crippen LogP contribution is 2.51. The van der Waals surface area contributed by atoms with Gasteiger partial charge in [-0.05, 0) is 60.2 Å². The van der Waals surface area contributed by atoms with Crippen molar-refractivity contribution in [3.8, 4) is 22.6 Å². The highest BCUT2D eigenvalue weighted by molar-refractivity contribution is 6.01. The lowest BCUT2D eigenvalue weighted by Crippen LogP contribution is -2.28. The Morgan fingerprint density at radius 2 is 1.87 bits per heavy atom. The fourth-order valence-electron chi connectivity index (χ4n) is 3.92. The van der Waals surface area contributed by atoms with Crippen LogP contribution >= 0.6 is 0 Å². The van der Waals surface area contributed by atoms with Crippen molar-refractivity contribution in [3.63, 3.8) is 0 Å². The molecule has 30 heavy (non-hydrogen) atoms. The number of aliphatic hydroxyl groups is 1. The summed E-state index contributed by atoms with van der Waals surface area (Å²) in [6, 6.07) is 15.3. The lowest BCUT2D eigenvalue weighted by Gasteiger charge is -2.16. The second kappa shape index (κ2) is 7.15. The monoisotopic (exact) mass is 402 g/mol. The molecule has 0 spiro atoms. The number of hydrogen-bond acceptors (Lipinski definition) is 5. The molecule has 2 N–H and O–H groups in total. The molecule has 6 nitrogen and oxygen atoms in total. The molecule has 152 valence electrons. The molecule has 1 fully saturated rings. The number of ether oxygens (including phenoxy) is 2. The molecule has 1 saturated carbocycles. The van der Waals surface area contributed by atoms with Crippen molar-refractivity contribution in [1.29, 1.82) is 0 Å². The Bertz CT molecular complexity index is 1120. The van der Waals surface area contributed by atoms with Gasteiger partial charge in [-0.2, -0.15) is 0 Å². The van der Waals surface area contributed by atoms with Gasteiger partial charge in [0.05, 0.1) is 12.0 Å². The topological polar surface area (TPSA) is 80.7 Å². The van der Waals surface area contributed by atoms with Gasteiger partial charge in [-0.15, -0.1) is 0 Å². The first-order chi connectivity index (χ1) is 14.6. The van der Waals surface area contributed by atoms with Crippen molar-refractivity contribution in [2.24, 2.45) is 0 Å². The van der Waals surface area contributed by atoms with Crippen molar-refractivity contribution in [2.45, 2.75) is 31.8 Å². The van der Waals surface area contributed by atoms with Crippen LogP contribution in [-0.4, -0.2) is 22.8 Å². The number of nitrogens with zero attached hydrogens (tertiary/aromatic N) is 1. The summed E-state index contributed by atoms with van der Waals surface area (Å²) in [5, 5.41) is 12.2. The van der Waals surface area contributed by atoms with Gasteiger partial charge in [-0.25, -0.2) is 4.98 Å². The summed E-state index contributed by atoms with van der Waals surface area (Å²) < 4.78 is 10.8. The van der Waals surface area contributed by atoms with Crippen molar-refractivity contribution >= 4 is 11.7 Å². The minimum absolute atomic E-state index is 0.0214. The third kappa shape index (κ3) is 3.19. The molecule has 1 aliphatic heterocycles. The van der Waals surface area contributed by atoms with Gasteiger partial charge >= 0.3 is 0 Å². The maximum absolute atomic E-state index is 13.1. The molecule has 1 aliphatic carbocycles. The van der Waals surface area contributed by atoms with Gasteiger partial charge in [0.2, 0.25) is 12.7 Å². The molecule has 2 aromatic carbocycles. The summed E-state index contributed by atoms with van der Waals surface area (Å²) in [7, 11) is 0. The number of pyridine rings is 1. The third-order valence-corrected chi connectivity index (χ3v) is 5.91. The fraction of sp³-hybridized carbons (Fsp3) is 0.250. The molecule has 0 radical (unpaired) electrons. The minimum Gasteiger partial charge on any atom is -0.454 e. The largest absolute Gasteiger partial charge is 0.454 e. The summed E-state index contributed by atoms with van der Waals surface area (Å²) in [6.07, 6.45) is 3.37. The van der Waals surface area contributed by atoms with Crippen LogP contribution in [0.5, 0.6) is 11.5 Å². The van der Waals surface area contributed by atoms with Crippen LogP contribution in [0.4, 0.5) is 5.82 Å². The number of benzene rings is 2. The molecule has 2 heterocycles. The second-order valence-corrected chi connectivity index (χ2v) is 7.84. The van der Waals surface area contributed by atoms with E-state index in [9.17, 15) is 9.90 Å². The van der Waals surface area contributed by atoms with Crippen LogP contribution < -0.4 is 14.8 Å².